The van der Waals surface area contributed by atoms with Gasteiger partial charge in [-0.1, -0.05) is 0 Å². The first-order valence-electron chi connectivity index (χ1n) is 3.58. The number of pyridine rings is 1. The molecule has 12 heavy (non-hydrogen) atoms. The summed E-state index contributed by atoms with van der Waals surface area (Å²) in [4.78, 5) is 3.91. The lowest BCUT2D eigenvalue weighted by Gasteiger charge is -2.02. The molecule has 0 saturated heterocycles. The average molecular weight is 166 g/mol. The molecule has 0 bridgehead atoms. The fourth-order valence-corrected chi connectivity index (χ4v) is 0.731. The highest BCUT2D eigenvalue weighted by Gasteiger charge is 1.96. The molecular formula is C7H9BNO3. The number of rotatable bonds is 4. The Hall–Kier alpha value is -1.23. The summed E-state index contributed by atoms with van der Waals surface area (Å²) < 4.78 is 9.75. The van der Waals surface area contributed by atoms with Crippen molar-refractivity contribution in [3.8, 4) is 11.6 Å². The molecule has 1 heterocycles. The summed E-state index contributed by atoms with van der Waals surface area (Å²) in [6.45, 7) is 2.47. The van der Waals surface area contributed by atoms with E-state index in [1.807, 2.05) is 6.92 Å². The van der Waals surface area contributed by atoms with Crippen molar-refractivity contribution in [3.05, 3.63) is 18.3 Å². The Bertz CT molecular complexity index is 202. The van der Waals surface area contributed by atoms with Crippen molar-refractivity contribution in [1.82, 2.24) is 4.98 Å². The van der Waals surface area contributed by atoms with Gasteiger partial charge >= 0.3 is 7.69 Å². The van der Waals surface area contributed by atoms with Crippen molar-refractivity contribution in [2.24, 2.45) is 0 Å². The molecule has 0 aliphatic carbocycles. The first-order valence-corrected chi connectivity index (χ1v) is 3.58. The fourth-order valence-electron chi connectivity index (χ4n) is 0.731. The van der Waals surface area contributed by atoms with Crippen molar-refractivity contribution in [2.45, 2.75) is 6.92 Å². The van der Waals surface area contributed by atoms with Gasteiger partial charge in [0, 0.05) is 6.07 Å². The number of nitrogens with zero attached hydrogens (tertiary/aromatic N) is 1. The number of aromatic nitrogens is 1. The van der Waals surface area contributed by atoms with Crippen molar-refractivity contribution >= 4 is 7.69 Å². The predicted molar refractivity (Wildman–Crippen MR) is 44.0 cm³/mol. The standard InChI is InChI=1S/C7H9BNO3/c1-2-11-7-4-3-6(5-9-7)12-8-10/h3-5,10H,2H2,1H3. The second-order valence-corrected chi connectivity index (χ2v) is 1.99. The largest absolute Gasteiger partial charge is 0.569 e. The third-order valence-electron chi connectivity index (χ3n) is 1.19. The van der Waals surface area contributed by atoms with Crippen LogP contribution in [0.4, 0.5) is 0 Å². The smallest absolute Gasteiger partial charge is 0.536 e. The Morgan fingerprint density at radius 2 is 2.42 bits per heavy atom. The number of hydrogen-bond acceptors (Lipinski definition) is 4. The van der Waals surface area contributed by atoms with Gasteiger partial charge < -0.3 is 14.4 Å². The molecule has 0 saturated carbocycles. The van der Waals surface area contributed by atoms with E-state index in [-0.39, 0.29) is 0 Å². The monoisotopic (exact) mass is 166 g/mol. The van der Waals surface area contributed by atoms with Gasteiger partial charge in [-0.05, 0) is 13.0 Å². The zero-order chi connectivity index (χ0) is 8.81. The van der Waals surface area contributed by atoms with Crippen LogP contribution in [0.25, 0.3) is 0 Å². The zero-order valence-corrected chi connectivity index (χ0v) is 6.73. The van der Waals surface area contributed by atoms with E-state index in [0.29, 0.717) is 25.9 Å². The predicted octanol–water partition coefficient (Wildman–Crippen LogP) is 0.386. The lowest BCUT2D eigenvalue weighted by Crippen LogP contribution is -2.00. The Labute approximate surface area is 71.5 Å². The van der Waals surface area contributed by atoms with Crippen LogP contribution in [-0.4, -0.2) is 24.3 Å². The molecule has 0 amide bonds. The van der Waals surface area contributed by atoms with Gasteiger partial charge in [-0.3, -0.25) is 0 Å². The van der Waals surface area contributed by atoms with Gasteiger partial charge in [-0.2, -0.15) is 0 Å². The van der Waals surface area contributed by atoms with Crippen LogP contribution in [0.2, 0.25) is 0 Å². The Morgan fingerprint density at radius 1 is 1.58 bits per heavy atom. The van der Waals surface area contributed by atoms with Crippen LogP contribution in [0.15, 0.2) is 18.3 Å². The van der Waals surface area contributed by atoms with E-state index >= 15 is 0 Å². The summed E-state index contributed by atoms with van der Waals surface area (Å²) in [5, 5.41) is 8.29. The summed E-state index contributed by atoms with van der Waals surface area (Å²) in [7, 11) is 0.608. The third kappa shape index (κ3) is 2.43. The summed E-state index contributed by atoms with van der Waals surface area (Å²) in [6.07, 6.45) is 1.47. The molecule has 0 fully saturated rings. The topological polar surface area (TPSA) is 51.6 Å². The molecule has 4 nitrogen and oxygen atoms in total. The molecule has 0 unspecified atom stereocenters. The van der Waals surface area contributed by atoms with Gasteiger partial charge in [0.05, 0.1) is 12.8 Å². The van der Waals surface area contributed by atoms with E-state index in [1.165, 1.54) is 6.20 Å². The molecule has 63 valence electrons. The Kier molecular flexibility index (Phi) is 3.41. The normalized spacial score (nSPS) is 9.17. The minimum absolute atomic E-state index is 0.473. The van der Waals surface area contributed by atoms with Crippen LogP contribution in [0.3, 0.4) is 0 Å². The van der Waals surface area contributed by atoms with Gasteiger partial charge in [0.1, 0.15) is 5.75 Å². The highest BCUT2D eigenvalue weighted by Crippen LogP contribution is 2.12. The van der Waals surface area contributed by atoms with Gasteiger partial charge in [0.25, 0.3) is 0 Å². The molecular weight excluding hydrogens is 157 g/mol. The number of hydrogen-bond donors (Lipinski definition) is 1. The minimum Gasteiger partial charge on any atom is -0.536 e. The molecule has 1 aromatic heterocycles. The molecule has 1 rings (SSSR count). The fraction of sp³-hybridized carbons (Fsp3) is 0.286. The molecule has 0 aromatic carbocycles. The summed E-state index contributed by atoms with van der Waals surface area (Å²) in [6, 6.07) is 3.33. The quantitative estimate of drug-likeness (QED) is 0.657. The SMILES string of the molecule is CCOc1ccc(O[B]O)cn1. The summed E-state index contributed by atoms with van der Waals surface area (Å²) in [5.41, 5.74) is 0. The van der Waals surface area contributed by atoms with Crippen LogP contribution >= 0.6 is 0 Å². The first kappa shape index (κ1) is 8.87. The van der Waals surface area contributed by atoms with Crippen molar-refractivity contribution < 1.29 is 14.4 Å². The molecule has 1 radical (unpaired) electrons. The third-order valence-corrected chi connectivity index (χ3v) is 1.19. The first-order chi connectivity index (χ1) is 5.86. The summed E-state index contributed by atoms with van der Waals surface area (Å²) in [5.74, 6) is 1.02. The second kappa shape index (κ2) is 4.61. The molecule has 1 N–H and O–H groups in total. The molecule has 0 aliphatic heterocycles. The highest BCUT2D eigenvalue weighted by molar-refractivity contribution is 6.17. The van der Waals surface area contributed by atoms with Gasteiger partial charge in [0.15, 0.2) is 0 Å². The van der Waals surface area contributed by atoms with Gasteiger partial charge in [0.2, 0.25) is 5.88 Å². The number of ether oxygens (including phenoxy) is 1. The van der Waals surface area contributed by atoms with Crippen molar-refractivity contribution in [2.75, 3.05) is 6.61 Å². The van der Waals surface area contributed by atoms with Gasteiger partial charge in [-0.15, -0.1) is 0 Å². The zero-order valence-electron chi connectivity index (χ0n) is 6.73. The summed E-state index contributed by atoms with van der Waals surface area (Å²) >= 11 is 0. The van der Waals surface area contributed by atoms with E-state index in [1.54, 1.807) is 12.1 Å². The Morgan fingerprint density at radius 3 is 2.92 bits per heavy atom. The van der Waals surface area contributed by atoms with E-state index in [2.05, 4.69) is 9.64 Å². The molecule has 1 aromatic rings. The minimum atomic E-state index is 0.473. The molecule has 0 atom stereocenters. The van der Waals surface area contributed by atoms with E-state index < -0.39 is 0 Å². The van der Waals surface area contributed by atoms with E-state index in [4.69, 9.17) is 9.76 Å². The van der Waals surface area contributed by atoms with Crippen LogP contribution in [0.1, 0.15) is 6.92 Å². The molecule has 5 heteroatoms. The van der Waals surface area contributed by atoms with E-state index in [0.717, 1.165) is 0 Å². The van der Waals surface area contributed by atoms with Crippen LogP contribution in [0.5, 0.6) is 11.6 Å². The van der Waals surface area contributed by atoms with Crippen LogP contribution in [0, 0.1) is 0 Å². The van der Waals surface area contributed by atoms with Crippen molar-refractivity contribution in [3.63, 3.8) is 0 Å². The maximum Gasteiger partial charge on any atom is 0.569 e. The lowest BCUT2D eigenvalue weighted by atomic mass is 10.4. The maximum absolute atomic E-state index is 8.29. The maximum atomic E-state index is 8.29. The average Bonchev–Trinajstić information content (AvgIpc) is 2.09. The molecule has 0 aliphatic rings. The van der Waals surface area contributed by atoms with E-state index in [9.17, 15) is 0 Å². The van der Waals surface area contributed by atoms with Crippen LogP contribution in [-0.2, 0) is 0 Å². The Balaban J connectivity index is 2.58. The highest BCUT2D eigenvalue weighted by atomic mass is 16.5. The lowest BCUT2D eigenvalue weighted by molar-refractivity contribution is 0.326. The van der Waals surface area contributed by atoms with Crippen molar-refractivity contribution in [1.29, 1.82) is 0 Å². The van der Waals surface area contributed by atoms with Gasteiger partial charge in [-0.25, -0.2) is 4.98 Å². The van der Waals surface area contributed by atoms with Crippen LogP contribution < -0.4 is 9.39 Å². The second-order valence-electron chi connectivity index (χ2n) is 1.99. The molecule has 0 spiro atoms.